The fraction of sp³-hybridized carbons (Fsp3) is 0.115. The minimum absolute atomic E-state index is 0.0128. The van der Waals surface area contributed by atoms with Crippen molar-refractivity contribution in [2.45, 2.75) is 6.54 Å². The number of nitrogens with zero attached hydrogens (tertiary/aromatic N) is 2. The summed E-state index contributed by atoms with van der Waals surface area (Å²) in [5.74, 6) is 0.476. The maximum Gasteiger partial charge on any atom is 0.269 e. The molecule has 0 saturated carbocycles. The summed E-state index contributed by atoms with van der Waals surface area (Å²) in [6, 6.07) is 21.1. The van der Waals surface area contributed by atoms with Gasteiger partial charge in [-0.15, -0.1) is 0 Å². The third-order valence-corrected chi connectivity index (χ3v) is 5.23. The van der Waals surface area contributed by atoms with Crippen molar-refractivity contribution >= 4 is 28.9 Å². The van der Waals surface area contributed by atoms with Crippen LogP contribution in [0.15, 0.2) is 84.9 Å². The van der Waals surface area contributed by atoms with E-state index in [9.17, 15) is 19.3 Å². The summed E-state index contributed by atoms with van der Waals surface area (Å²) in [4.78, 5) is 25.3. The van der Waals surface area contributed by atoms with Crippen LogP contribution in [0, 0.1) is 10.1 Å². The van der Waals surface area contributed by atoms with Crippen LogP contribution in [0.2, 0.25) is 0 Å². The number of para-hydroxylation sites is 1. The predicted octanol–water partition coefficient (Wildman–Crippen LogP) is 5.59. The minimum atomic E-state index is -0.547. The highest BCUT2D eigenvalue weighted by Crippen LogP contribution is 2.37. The predicted molar refractivity (Wildman–Crippen MR) is 126 cm³/mol. The maximum atomic E-state index is 13.2. The van der Waals surface area contributed by atoms with E-state index in [-0.39, 0.29) is 18.2 Å². The van der Waals surface area contributed by atoms with E-state index in [1.54, 1.807) is 47.4 Å². The average molecular weight is 443 g/mol. The van der Waals surface area contributed by atoms with Gasteiger partial charge in [-0.25, -0.2) is 4.39 Å². The van der Waals surface area contributed by atoms with Crippen LogP contribution in [-0.2, 0) is 11.3 Å². The number of halogens is 1. The molecule has 1 heterocycles. The summed E-state index contributed by atoms with van der Waals surface area (Å²) < 4.78 is 17.5. The molecule has 0 aromatic heterocycles. The Balaban J connectivity index is 1.53. The number of rotatable bonds is 8. The molecule has 1 aliphatic heterocycles. The largest absolute Gasteiger partial charge is 0.491 e. The molecule has 6 nitrogen and oxygen atoms in total. The Bertz CT molecular complexity index is 1220. The molecule has 1 amide bonds. The lowest BCUT2D eigenvalue weighted by atomic mass is 10.1. The number of amides is 1. The molecule has 0 atom stereocenters. The van der Waals surface area contributed by atoms with Crippen LogP contribution in [0.25, 0.3) is 11.6 Å². The van der Waals surface area contributed by atoms with Gasteiger partial charge in [0.2, 0.25) is 0 Å². The molecule has 0 aliphatic carbocycles. The van der Waals surface area contributed by atoms with Crippen molar-refractivity contribution < 1.29 is 18.8 Å². The Morgan fingerprint density at radius 1 is 1.00 bits per heavy atom. The van der Waals surface area contributed by atoms with E-state index in [0.29, 0.717) is 17.9 Å². The first-order valence-electron chi connectivity index (χ1n) is 10.4. The highest BCUT2D eigenvalue weighted by Gasteiger charge is 2.31. The van der Waals surface area contributed by atoms with Gasteiger partial charge in [0, 0.05) is 23.3 Å². The van der Waals surface area contributed by atoms with Crippen molar-refractivity contribution in [1.29, 1.82) is 0 Å². The van der Waals surface area contributed by atoms with Gasteiger partial charge >= 0.3 is 0 Å². The average Bonchev–Trinajstić information content (AvgIpc) is 3.10. The summed E-state index contributed by atoms with van der Waals surface area (Å²) in [5.41, 5.74) is 4.00. The van der Waals surface area contributed by atoms with Gasteiger partial charge in [-0.1, -0.05) is 42.5 Å². The zero-order chi connectivity index (χ0) is 23.2. The third kappa shape index (κ3) is 4.98. The molecule has 0 spiro atoms. The number of ether oxygens (including phenoxy) is 1. The van der Waals surface area contributed by atoms with E-state index in [0.717, 1.165) is 22.4 Å². The van der Waals surface area contributed by atoms with Gasteiger partial charge in [0.25, 0.3) is 11.6 Å². The number of allylic oxidation sites excluding steroid dienone is 2. The van der Waals surface area contributed by atoms with E-state index >= 15 is 0 Å². The van der Waals surface area contributed by atoms with E-state index in [1.165, 1.54) is 12.1 Å². The van der Waals surface area contributed by atoms with Gasteiger partial charge < -0.3 is 9.64 Å². The lowest BCUT2D eigenvalue weighted by Crippen LogP contribution is -2.25. The number of benzene rings is 3. The maximum absolute atomic E-state index is 13.2. The molecule has 166 valence electrons. The molecule has 3 aromatic rings. The quantitative estimate of drug-likeness (QED) is 0.259. The smallest absolute Gasteiger partial charge is 0.269 e. The van der Waals surface area contributed by atoms with Crippen molar-refractivity contribution in [3.63, 3.8) is 0 Å². The highest BCUT2D eigenvalue weighted by atomic mass is 18.2. The first kappa shape index (κ1) is 22.0. The van der Waals surface area contributed by atoms with Crippen LogP contribution in [0.5, 0.6) is 5.75 Å². The molecule has 0 saturated heterocycles. The van der Waals surface area contributed by atoms with Crippen LogP contribution >= 0.6 is 0 Å². The minimum Gasteiger partial charge on any atom is -0.491 e. The number of carbonyl (C=O) groups is 1. The lowest BCUT2D eigenvalue weighted by molar-refractivity contribution is -0.384. The van der Waals surface area contributed by atoms with Crippen molar-refractivity contribution in [3.8, 4) is 5.75 Å². The van der Waals surface area contributed by atoms with Gasteiger partial charge in [0.05, 0.1) is 17.2 Å². The van der Waals surface area contributed by atoms with Crippen LogP contribution in [0.4, 0.5) is 15.8 Å². The molecule has 4 rings (SSSR count). The number of nitro benzene ring substituents is 1. The molecular formula is C26H21FN2O4. The first-order chi connectivity index (χ1) is 16.1. The molecule has 0 bridgehead atoms. The van der Waals surface area contributed by atoms with Crippen LogP contribution in [0.3, 0.4) is 0 Å². The van der Waals surface area contributed by atoms with Gasteiger partial charge in [-0.05, 0) is 47.5 Å². The van der Waals surface area contributed by atoms with E-state index < -0.39 is 11.6 Å². The Kier molecular flexibility index (Phi) is 6.59. The van der Waals surface area contributed by atoms with Crippen molar-refractivity contribution in [2.75, 3.05) is 18.2 Å². The standard InChI is InChI=1S/C26H21FN2O4/c27-16-17-33-22-14-10-20(11-15-22)18-28-25-7-2-1-5-23(25)24(26(28)30)6-3-4-19-8-12-21(13-9-19)29(31)32/h1-15H,16-18H2/b4-3+,24-6-/i27-1. The normalized spacial score (nSPS) is 14.2. The molecule has 3 aromatic carbocycles. The van der Waals surface area contributed by atoms with E-state index in [2.05, 4.69) is 0 Å². The fourth-order valence-corrected chi connectivity index (χ4v) is 3.62. The summed E-state index contributed by atoms with van der Waals surface area (Å²) in [6.07, 6.45) is 5.33. The lowest BCUT2D eigenvalue weighted by Gasteiger charge is -2.17. The molecule has 0 N–H and O–H groups in total. The van der Waals surface area contributed by atoms with Crippen LogP contribution in [-0.4, -0.2) is 24.1 Å². The zero-order valence-electron chi connectivity index (χ0n) is 17.7. The number of hydrogen-bond acceptors (Lipinski definition) is 4. The van der Waals surface area contributed by atoms with Crippen LogP contribution < -0.4 is 9.64 Å². The first-order valence-corrected chi connectivity index (χ1v) is 10.4. The number of non-ortho nitro benzene ring substituents is 1. The fourth-order valence-electron chi connectivity index (χ4n) is 3.62. The topological polar surface area (TPSA) is 72.7 Å². The van der Waals surface area contributed by atoms with Crippen molar-refractivity contribution in [3.05, 3.63) is 112 Å². The summed E-state index contributed by atoms with van der Waals surface area (Å²) >= 11 is 0. The number of fused-ring (bicyclic) bond motifs is 1. The highest BCUT2D eigenvalue weighted by molar-refractivity contribution is 6.32. The third-order valence-electron chi connectivity index (χ3n) is 5.23. The van der Waals surface area contributed by atoms with E-state index in [4.69, 9.17) is 4.74 Å². The molecule has 1 aliphatic rings. The number of nitro groups is 1. The number of hydrogen-bond donors (Lipinski definition) is 0. The number of anilines is 1. The second-order valence-electron chi connectivity index (χ2n) is 7.38. The summed E-state index contributed by atoms with van der Waals surface area (Å²) in [5, 5.41) is 10.8. The molecule has 33 heavy (non-hydrogen) atoms. The summed E-state index contributed by atoms with van der Waals surface area (Å²) in [6.45, 7) is -0.143. The molecular weight excluding hydrogens is 422 g/mol. The van der Waals surface area contributed by atoms with Crippen molar-refractivity contribution in [1.82, 2.24) is 0 Å². The molecule has 0 fully saturated rings. The molecule has 7 heteroatoms. The zero-order valence-corrected chi connectivity index (χ0v) is 17.7. The van der Waals surface area contributed by atoms with E-state index in [1.807, 2.05) is 36.4 Å². The Morgan fingerprint density at radius 2 is 1.73 bits per heavy atom. The molecule has 0 radical (unpaired) electrons. The van der Waals surface area contributed by atoms with Gasteiger partial charge in [-0.3, -0.25) is 14.9 Å². The monoisotopic (exact) mass is 443 g/mol. The van der Waals surface area contributed by atoms with Gasteiger partial charge in [-0.2, -0.15) is 0 Å². The number of alkyl halides is 1. The molecule has 0 unspecified atom stereocenters. The van der Waals surface area contributed by atoms with Gasteiger partial charge in [0.1, 0.15) is 19.0 Å². The van der Waals surface area contributed by atoms with Gasteiger partial charge in [0.15, 0.2) is 0 Å². The SMILES string of the molecule is O=C1/C(=C\C=C\c2ccc([N+](=O)[O-])cc2)c2ccccc2N1Cc1ccc(OCC[18F])cc1. The van der Waals surface area contributed by atoms with Crippen molar-refractivity contribution in [2.24, 2.45) is 0 Å². The Hall–Kier alpha value is -4.26. The second kappa shape index (κ2) is 9.91. The Morgan fingerprint density at radius 3 is 2.42 bits per heavy atom. The second-order valence-corrected chi connectivity index (χ2v) is 7.38. The summed E-state index contributed by atoms with van der Waals surface area (Å²) in [7, 11) is 0. The number of carbonyl (C=O) groups excluding carboxylic acids is 1. The Labute approximate surface area is 190 Å². The van der Waals surface area contributed by atoms with Crippen LogP contribution in [0.1, 0.15) is 16.7 Å².